The van der Waals surface area contributed by atoms with Gasteiger partial charge >= 0.3 is 0 Å². The molecule has 0 saturated carbocycles. The van der Waals surface area contributed by atoms with Crippen molar-refractivity contribution in [3.05, 3.63) is 26.8 Å². The van der Waals surface area contributed by atoms with E-state index in [1.807, 2.05) is 6.92 Å². The number of phenolic OH excluding ortho intramolecular Hbond substituents is 1. The molecule has 0 heterocycles. The van der Waals surface area contributed by atoms with Crippen molar-refractivity contribution >= 4 is 22.6 Å². The molecule has 120 valence electrons. The number of phenols is 1. The Kier molecular flexibility index (Phi) is 10.1. The van der Waals surface area contributed by atoms with E-state index in [1.54, 1.807) is 0 Å². The van der Waals surface area contributed by atoms with E-state index < -0.39 is 0 Å². The van der Waals surface area contributed by atoms with Gasteiger partial charge in [0.05, 0.1) is 3.57 Å². The molecule has 21 heavy (non-hydrogen) atoms. The third-order valence-corrected chi connectivity index (χ3v) is 4.96. The van der Waals surface area contributed by atoms with Crippen LogP contribution in [0, 0.1) is 10.5 Å². The molecule has 0 aliphatic carbocycles. The molecule has 1 rings (SSSR count). The molecule has 0 radical (unpaired) electrons. The Hall–Kier alpha value is -0.250. The summed E-state index contributed by atoms with van der Waals surface area (Å²) in [7, 11) is 0. The molecule has 0 aliphatic rings. The third-order valence-electron chi connectivity index (χ3n) is 4.13. The van der Waals surface area contributed by atoms with Crippen LogP contribution in [0.5, 0.6) is 5.75 Å². The second-order valence-corrected chi connectivity index (χ2v) is 7.34. The zero-order chi connectivity index (χ0) is 15.5. The van der Waals surface area contributed by atoms with Crippen LogP contribution in [0.2, 0.25) is 0 Å². The van der Waals surface area contributed by atoms with E-state index in [-0.39, 0.29) is 0 Å². The number of hydrogen-bond acceptors (Lipinski definition) is 1. The first-order valence-corrected chi connectivity index (χ1v) is 9.71. The molecule has 1 N–H and O–H groups in total. The van der Waals surface area contributed by atoms with Crippen LogP contribution in [0.4, 0.5) is 0 Å². The average molecular weight is 402 g/mol. The summed E-state index contributed by atoms with van der Waals surface area (Å²) >= 11 is 2.22. The van der Waals surface area contributed by atoms with Gasteiger partial charge < -0.3 is 5.11 Å². The minimum Gasteiger partial charge on any atom is -0.507 e. The van der Waals surface area contributed by atoms with E-state index >= 15 is 0 Å². The van der Waals surface area contributed by atoms with Crippen molar-refractivity contribution in [3.63, 3.8) is 0 Å². The maximum atomic E-state index is 9.77. The average Bonchev–Trinajstić information content (AvgIpc) is 2.46. The highest BCUT2D eigenvalue weighted by molar-refractivity contribution is 14.1. The number of halogens is 1. The van der Waals surface area contributed by atoms with Crippen LogP contribution in [0.25, 0.3) is 0 Å². The first-order chi connectivity index (χ1) is 10.1. The number of unbranched alkanes of at least 4 members (excludes halogenated alkanes) is 9. The Labute approximate surface area is 144 Å². The second-order valence-electron chi connectivity index (χ2n) is 6.18. The lowest BCUT2D eigenvalue weighted by molar-refractivity contribution is 0.467. The third kappa shape index (κ3) is 8.08. The molecular formula is C19H31IO. The van der Waals surface area contributed by atoms with E-state index in [2.05, 4.69) is 41.6 Å². The highest BCUT2D eigenvalue weighted by Gasteiger charge is 2.04. The molecular weight excluding hydrogens is 371 g/mol. The number of aryl methyl sites for hydroxylation is 2. The molecule has 1 aromatic rings. The summed E-state index contributed by atoms with van der Waals surface area (Å²) in [5.74, 6) is 0.447. The second kappa shape index (κ2) is 11.3. The monoisotopic (exact) mass is 402 g/mol. The van der Waals surface area contributed by atoms with Gasteiger partial charge in [-0.2, -0.15) is 0 Å². The summed E-state index contributed by atoms with van der Waals surface area (Å²) in [5, 5.41) is 9.77. The summed E-state index contributed by atoms with van der Waals surface area (Å²) in [6, 6.07) is 4.25. The summed E-state index contributed by atoms with van der Waals surface area (Å²) in [6.07, 6.45) is 15.0. The topological polar surface area (TPSA) is 20.2 Å². The molecule has 1 aromatic carbocycles. The van der Waals surface area contributed by atoms with Gasteiger partial charge in [-0.3, -0.25) is 0 Å². The fraction of sp³-hybridized carbons (Fsp3) is 0.684. The van der Waals surface area contributed by atoms with Crippen molar-refractivity contribution in [2.24, 2.45) is 0 Å². The van der Waals surface area contributed by atoms with Gasteiger partial charge in [0.15, 0.2) is 0 Å². The van der Waals surface area contributed by atoms with Gasteiger partial charge in [-0.15, -0.1) is 0 Å². The molecule has 0 saturated heterocycles. The van der Waals surface area contributed by atoms with E-state index in [1.165, 1.54) is 69.8 Å². The largest absolute Gasteiger partial charge is 0.507 e. The van der Waals surface area contributed by atoms with E-state index in [0.29, 0.717) is 5.75 Å². The van der Waals surface area contributed by atoms with Crippen LogP contribution in [-0.4, -0.2) is 5.11 Å². The molecule has 0 unspecified atom stereocenters. The first kappa shape index (κ1) is 18.8. The minimum atomic E-state index is 0.447. The normalized spacial score (nSPS) is 11.0. The molecule has 0 bridgehead atoms. The van der Waals surface area contributed by atoms with Crippen molar-refractivity contribution in [1.82, 2.24) is 0 Å². The maximum Gasteiger partial charge on any atom is 0.131 e. The first-order valence-electron chi connectivity index (χ1n) is 8.63. The quantitative estimate of drug-likeness (QED) is 0.320. The van der Waals surface area contributed by atoms with Gasteiger partial charge in [0.25, 0.3) is 0 Å². The van der Waals surface area contributed by atoms with Crippen LogP contribution in [0.15, 0.2) is 12.1 Å². The van der Waals surface area contributed by atoms with Gasteiger partial charge in [0.1, 0.15) is 5.75 Å². The van der Waals surface area contributed by atoms with E-state index in [9.17, 15) is 5.11 Å². The number of rotatable bonds is 11. The fourth-order valence-electron chi connectivity index (χ4n) is 2.77. The summed E-state index contributed by atoms with van der Waals surface area (Å²) < 4.78 is 0.981. The molecule has 0 fully saturated rings. The Balaban J connectivity index is 2.04. The van der Waals surface area contributed by atoms with Gasteiger partial charge in [-0.25, -0.2) is 0 Å². The molecule has 0 aromatic heterocycles. The lowest BCUT2D eigenvalue weighted by Crippen LogP contribution is -1.90. The Morgan fingerprint density at radius 1 is 0.857 bits per heavy atom. The standard InChI is InChI=1S/C19H31IO/c1-3-4-5-6-7-8-9-10-11-12-13-17-14-16(2)19(21)18(20)15-17/h14-15,21H,3-13H2,1-2H3. The smallest absolute Gasteiger partial charge is 0.131 e. The van der Waals surface area contributed by atoms with Crippen LogP contribution >= 0.6 is 22.6 Å². The Morgan fingerprint density at radius 2 is 1.38 bits per heavy atom. The van der Waals surface area contributed by atoms with Crippen molar-refractivity contribution in [3.8, 4) is 5.75 Å². The summed E-state index contributed by atoms with van der Waals surface area (Å²) in [4.78, 5) is 0. The van der Waals surface area contributed by atoms with E-state index in [4.69, 9.17) is 0 Å². The fourth-order valence-corrected chi connectivity index (χ4v) is 3.59. The lowest BCUT2D eigenvalue weighted by atomic mass is 10.0. The number of hydrogen-bond donors (Lipinski definition) is 1. The minimum absolute atomic E-state index is 0.447. The Morgan fingerprint density at radius 3 is 1.90 bits per heavy atom. The molecule has 1 nitrogen and oxygen atoms in total. The molecule has 2 heteroatoms. The maximum absolute atomic E-state index is 9.77. The van der Waals surface area contributed by atoms with Crippen LogP contribution < -0.4 is 0 Å². The van der Waals surface area contributed by atoms with Crippen molar-refractivity contribution in [2.75, 3.05) is 0 Å². The summed E-state index contributed by atoms with van der Waals surface area (Å²) in [5.41, 5.74) is 2.37. The summed E-state index contributed by atoms with van der Waals surface area (Å²) in [6.45, 7) is 4.26. The highest BCUT2D eigenvalue weighted by Crippen LogP contribution is 2.26. The molecule has 0 atom stereocenters. The zero-order valence-corrected chi connectivity index (χ0v) is 15.9. The van der Waals surface area contributed by atoms with Crippen molar-refractivity contribution < 1.29 is 5.11 Å². The van der Waals surface area contributed by atoms with Crippen molar-refractivity contribution in [2.45, 2.75) is 84.5 Å². The van der Waals surface area contributed by atoms with Crippen molar-refractivity contribution in [1.29, 1.82) is 0 Å². The molecule has 0 spiro atoms. The SMILES string of the molecule is CCCCCCCCCCCCc1cc(C)c(O)c(I)c1. The molecule has 0 aliphatic heterocycles. The highest BCUT2D eigenvalue weighted by atomic mass is 127. The van der Waals surface area contributed by atoms with Gasteiger partial charge in [0, 0.05) is 0 Å². The predicted molar refractivity (Wildman–Crippen MR) is 101 cm³/mol. The van der Waals surface area contributed by atoms with Gasteiger partial charge in [-0.05, 0) is 59.5 Å². The molecule has 0 amide bonds. The number of aromatic hydroxyl groups is 1. The van der Waals surface area contributed by atoms with Gasteiger partial charge in [-0.1, -0.05) is 70.8 Å². The van der Waals surface area contributed by atoms with Crippen LogP contribution in [-0.2, 0) is 6.42 Å². The van der Waals surface area contributed by atoms with Gasteiger partial charge in [0.2, 0.25) is 0 Å². The number of benzene rings is 1. The van der Waals surface area contributed by atoms with Crippen LogP contribution in [0.3, 0.4) is 0 Å². The Bertz CT molecular complexity index is 378. The lowest BCUT2D eigenvalue weighted by Gasteiger charge is -2.07. The zero-order valence-electron chi connectivity index (χ0n) is 13.8. The van der Waals surface area contributed by atoms with E-state index in [0.717, 1.165) is 15.6 Å². The predicted octanol–water partition coefficient (Wildman–Crippen LogP) is 6.77. The van der Waals surface area contributed by atoms with Crippen LogP contribution in [0.1, 0.15) is 82.3 Å².